The maximum atomic E-state index is 12.2. The number of Topliss-reactive ketones (excluding diaryl/α,β-unsaturated/α-hetero) is 1. The normalized spacial score (nSPS) is 12.0. The zero-order chi connectivity index (χ0) is 15.6. The Morgan fingerprint density at radius 2 is 1.86 bits per heavy atom. The van der Waals surface area contributed by atoms with E-state index in [0.29, 0.717) is 17.0 Å². The van der Waals surface area contributed by atoms with Gasteiger partial charge in [0.15, 0.2) is 6.10 Å². The zero-order valence-electron chi connectivity index (χ0n) is 11.8. The van der Waals surface area contributed by atoms with E-state index in [1.165, 1.54) is 0 Å². The van der Waals surface area contributed by atoms with Gasteiger partial charge < -0.3 is 9.26 Å². The summed E-state index contributed by atoms with van der Waals surface area (Å²) in [4.78, 5) is 24.3. The third-order valence-electron chi connectivity index (χ3n) is 3.02. The number of hydrogen-bond donors (Lipinski definition) is 0. The molecule has 0 aliphatic carbocycles. The number of esters is 1. The molecule has 0 spiro atoms. The van der Waals surface area contributed by atoms with Crippen molar-refractivity contribution in [3.8, 4) is 0 Å². The SMILES string of the molecule is Cc1noc(C)c1C(=O)OC(C)C(=O)c1ccc(Br)cc1. The molecular weight excluding hydrogens is 338 g/mol. The Morgan fingerprint density at radius 3 is 2.38 bits per heavy atom. The van der Waals surface area contributed by atoms with E-state index in [4.69, 9.17) is 9.26 Å². The number of rotatable bonds is 4. The Bertz CT molecular complexity index is 656. The van der Waals surface area contributed by atoms with Crippen LogP contribution in [0.1, 0.15) is 39.1 Å². The maximum absolute atomic E-state index is 12.2. The summed E-state index contributed by atoms with van der Waals surface area (Å²) in [5, 5.41) is 3.69. The van der Waals surface area contributed by atoms with Gasteiger partial charge in [0.2, 0.25) is 5.78 Å². The molecule has 1 unspecified atom stereocenters. The molecule has 0 N–H and O–H groups in total. The third-order valence-corrected chi connectivity index (χ3v) is 3.55. The lowest BCUT2D eigenvalue weighted by molar-refractivity contribution is 0.0316. The van der Waals surface area contributed by atoms with Crippen molar-refractivity contribution in [2.45, 2.75) is 26.9 Å². The maximum Gasteiger partial charge on any atom is 0.344 e. The van der Waals surface area contributed by atoms with Crippen LogP contribution in [0.5, 0.6) is 0 Å². The van der Waals surface area contributed by atoms with Gasteiger partial charge >= 0.3 is 5.97 Å². The fraction of sp³-hybridized carbons (Fsp3) is 0.267. The third kappa shape index (κ3) is 3.39. The molecule has 0 radical (unpaired) electrons. The summed E-state index contributed by atoms with van der Waals surface area (Å²) in [6.45, 7) is 4.81. The summed E-state index contributed by atoms with van der Waals surface area (Å²) >= 11 is 3.30. The van der Waals surface area contributed by atoms with Crippen LogP contribution in [0.3, 0.4) is 0 Å². The average molecular weight is 352 g/mol. The molecular formula is C15H14BrNO4. The summed E-state index contributed by atoms with van der Waals surface area (Å²) in [6.07, 6.45) is -0.882. The van der Waals surface area contributed by atoms with Crippen molar-refractivity contribution in [3.63, 3.8) is 0 Å². The van der Waals surface area contributed by atoms with Gasteiger partial charge in [0.1, 0.15) is 11.3 Å². The standard InChI is InChI=1S/C15H14BrNO4/c1-8-13(9(2)21-17-8)15(19)20-10(3)14(18)11-4-6-12(16)7-5-11/h4-7,10H,1-3H3. The predicted octanol–water partition coefficient (Wildman–Crippen LogP) is 3.48. The Balaban J connectivity index is 2.11. The molecule has 2 rings (SSSR count). The highest BCUT2D eigenvalue weighted by atomic mass is 79.9. The number of halogens is 1. The van der Waals surface area contributed by atoms with Crippen LogP contribution in [-0.4, -0.2) is 23.0 Å². The lowest BCUT2D eigenvalue weighted by Crippen LogP contribution is -2.24. The van der Waals surface area contributed by atoms with Gasteiger partial charge in [-0.25, -0.2) is 4.79 Å². The molecule has 5 nitrogen and oxygen atoms in total. The summed E-state index contributed by atoms with van der Waals surface area (Å²) in [5.74, 6) is -0.493. The van der Waals surface area contributed by atoms with Gasteiger partial charge in [-0.05, 0) is 32.9 Å². The first-order valence-corrected chi connectivity index (χ1v) is 7.13. The number of ether oxygens (including phenoxy) is 1. The van der Waals surface area contributed by atoms with E-state index < -0.39 is 12.1 Å². The number of carbonyl (C=O) groups excluding carboxylic acids is 2. The lowest BCUT2D eigenvalue weighted by atomic mass is 10.1. The molecule has 110 valence electrons. The molecule has 1 heterocycles. The largest absolute Gasteiger partial charge is 0.451 e. The monoisotopic (exact) mass is 351 g/mol. The number of ketones is 1. The van der Waals surface area contributed by atoms with Crippen molar-refractivity contribution < 1.29 is 18.8 Å². The van der Waals surface area contributed by atoms with Gasteiger partial charge in [0, 0.05) is 10.0 Å². The molecule has 0 bridgehead atoms. The second-order valence-electron chi connectivity index (χ2n) is 4.62. The van der Waals surface area contributed by atoms with E-state index in [2.05, 4.69) is 21.1 Å². The minimum atomic E-state index is -0.882. The van der Waals surface area contributed by atoms with E-state index in [1.807, 2.05) is 0 Å². The Labute approximate surface area is 130 Å². The molecule has 21 heavy (non-hydrogen) atoms. The highest BCUT2D eigenvalue weighted by Gasteiger charge is 2.24. The molecule has 1 atom stereocenters. The number of carbonyl (C=O) groups is 2. The second-order valence-corrected chi connectivity index (χ2v) is 5.53. The Kier molecular flexibility index (Phi) is 4.57. The molecule has 2 aromatic rings. The fourth-order valence-corrected chi connectivity index (χ4v) is 2.16. The average Bonchev–Trinajstić information content (AvgIpc) is 2.78. The molecule has 0 amide bonds. The number of hydrogen-bond acceptors (Lipinski definition) is 5. The van der Waals surface area contributed by atoms with Crippen molar-refractivity contribution in [1.82, 2.24) is 5.16 Å². The predicted molar refractivity (Wildman–Crippen MR) is 79.3 cm³/mol. The molecule has 1 aromatic carbocycles. The van der Waals surface area contributed by atoms with Crippen LogP contribution in [0.2, 0.25) is 0 Å². The first-order chi connectivity index (χ1) is 9.90. The number of nitrogens with zero attached hydrogens (tertiary/aromatic N) is 1. The van der Waals surface area contributed by atoms with E-state index >= 15 is 0 Å². The van der Waals surface area contributed by atoms with Crippen LogP contribution in [-0.2, 0) is 4.74 Å². The van der Waals surface area contributed by atoms with Crippen molar-refractivity contribution >= 4 is 27.7 Å². The Hall–Kier alpha value is -1.95. The zero-order valence-corrected chi connectivity index (χ0v) is 13.4. The van der Waals surface area contributed by atoms with Crippen LogP contribution in [0.4, 0.5) is 0 Å². The molecule has 0 saturated carbocycles. The molecule has 0 saturated heterocycles. The quantitative estimate of drug-likeness (QED) is 0.622. The fourth-order valence-electron chi connectivity index (χ4n) is 1.90. The smallest absolute Gasteiger partial charge is 0.344 e. The lowest BCUT2D eigenvalue weighted by Gasteiger charge is -2.12. The van der Waals surface area contributed by atoms with Crippen LogP contribution < -0.4 is 0 Å². The van der Waals surface area contributed by atoms with Gasteiger partial charge in [-0.15, -0.1) is 0 Å². The van der Waals surface area contributed by atoms with Crippen LogP contribution >= 0.6 is 15.9 Å². The topological polar surface area (TPSA) is 69.4 Å². The van der Waals surface area contributed by atoms with Crippen LogP contribution in [0, 0.1) is 13.8 Å². The molecule has 0 aliphatic heterocycles. The summed E-state index contributed by atoms with van der Waals surface area (Å²) in [6, 6.07) is 6.87. The van der Waals surface area contributed by atoms with E-state index in [0.717, 1.165) is 4.47 Å². The van der Waals surface area contributed by atoms with Crippen molar-refractivity contribution in [2.24, 2.45) is 0 Å². The van der Waals surface area contributed by atoms with E-state index in [1.54, 1.807) is 45.0 Å². The van der Waals surface area contributed by atoms with Crippen molar-refractivity contribution in [2.75, 3.05) is 0 Å². The second kappa shape index (κ2) is 6.22. The Morgan fingerprint density at radius 1 is 1.24 bits per heavy atom. The van der Waals surface area contributed by atoms with Crippen molar-refractivity contribution in [1.29, 1.82) is 0 Å². The number of aromatic nitrogens is 1. The molecule has 6 heteroatoms. The van der Waals surface area contributed by atoms with Crippen molar-refractivity contribution in [3.05, 3.63) is 51.3 Å². The van der Waals surface area contributed by atoms with Gasteiger partial charge in [-0.2, -0.15) is 0 Å². The minimum absolute atomic E-state index is 0.261. The van der Waals surface area contributed by atoms with Crippen LogP contribution in [0.15, 0.2) is 33.3 Å². The van der Waals surface area contributed by atoms with Gasteiger partial charge in [0.05, 0.1) is 5.69 Å². The first kappa shape index (κ1) is 15.4. The molecule has 0 aliphatic rings. The first-order valence-electron chi connectivity index (χ1n) is 6.33. The van der Waals surface area contributed by atoms with Gasteiger partial charge in [-0.3, -0.25) is 4.79 Å². The summed E-state index contributed by atoms with van der Waals surface area (Å²) in [5.41, 5.74) is 1.20. The van der Waals surface area contributed by atoms with Crippen LogP contribution in [0.25, 0.3) is 0 Å². The van der Waals surface area contributed by atoms with Gasteiger partial charge in [0.25, 0.3) is 0 Å². The summed E-state index contributed by atoms with van der Waals surface area (Å²) in [7, 11) is 0. The minimum Gasteiger partial charge on any atom is -0.451 e. The van der Waals surface area contributed by atoms with E-state index in [-0.39, 0.29) is 11.3 Å². The van der Waals surface area contributed by atoms with Gasteiger partial charge in [-0.1, -0.05) is 33.2 Å². The highest BCUT2D eigenvalue weighted by molar-refractivity contribution is 9.10. The highest BCUT2D eigenvalue weighted by Crippen LogP contribution is 2.17. The van der Waals surface area contributed by atoms with E-state index in [9.17, 15) is 9.59 Å². The molecule has 1 aromatic heterocycles. The number of aryl methyl sites for hydroxylation is 2. The molecule has 0 fully saturated rings. The number of benzene rings is 1. The summed E-state index contributed by atoms with van der Waals surface area (Å²) < 4.78 is 11.0.